The van der Waals surface area contributed by atoms with Gasteiger partial charge in [0, 0.05) is 5.02 Å². The van der Waals surface area contributed by atoms with Gasteiger partial charge in [0.25, 0.3) is 0 Å². The summed E-state index contributed by atoms with van der Waals surface area (Å²) < 4.78 is 10.2. The minimum Gasteiger partial charge on any atom is -0.465 e. The topological polar surface area (TPSA) is 71.8 Å². The summed E-state index contributed by atoms with van der Waals surface area (Å²) in [6.07, 6.45) is 0. The van der Waals surface area contributed by atoms with E-state index in [1.807, 2.05) is 0 Å². The van der Waals surface area contributed by atoms with Crippen molar-refractivity contribution in [2.45, 2.75) is 13.5 Å². The summed E-state index contributed by atoms with van der Waals surface area (Å²) in [6, 6.07) is 4.59. The van der Waals surface area contributed by atoms with E-state index in [-0.39, 0.29) is 22.5 Å². The number of aryl methyl sites for hydroxylation is 1. The number of hydrogen-bond donors (Lipinski definition) is 1. The summed E-state index contributed by atoms with van der Waals surface area (Å²) in [5.41, 5.74) is 0.665. The Bertz CT molecular complexity index is 812. The van der Waals surface area contributed by atoms with Crippen LogP contribution in [0.25, 0.3) is 0 Å². The molecule has 0 aliphatic heterocycles. The van der Waals surface area contributed by atoms with Crippen molar-refractivity contribution < 1.29 is 18.7 Å². The number of hydrogen-bond acceptors (Lipinski definition) is 5. The number of methoxy groups -OCH3 is 1. The van der Waals surface area contributed by atoms with Crippen molar-refractivity contribution in [1.29, 1.82) is 0 Å². The average Bonchev–Trinajstić information content (AvgIpc) is 2.90. The number of carbonyl (C=O) groups excluding carboxylic acids is 2. The summed E-state index contributed by atoms with van der Waals surface area (Å²) in [5, 5.41) is 3.54. The number of nitrogens with one attached hydrogen (secondary N) is 1. The average molecular weight is 420 g/mol. The van der Waals surface area contributed by atoms with E-state index in [4.69, 9.17) is 39.2 Å². The molecule has 26 heavy (non-hydrogen) atoms. The van der Waals surface area contributed by atoms with Crippen LogP contribution in [0.5, 0.6) is 0 Å². The van der Waals surface area contributed by atoms with Gasteiger partial charge in [0.15, 0.2) is 0 Å². The maximum absolute atomic E-state index is 12.2. The molecule has 0 bridgehead atoms. The Balaban J connectivity index is 1.99. The lowest BCUT2D eigenvalue weighted by molar-refractivity contribution is -0.117. The second-order valence-electron chi connectivity index (χ2n) is 5.64. The van der Waals surface area contributed by atoms with Gasteiger partial charge >= 0.3 is 5.97 Å². The highest BCUT2D eigenvalue weighted by Gasteiger charge is 2.18. The van der Waals surface area contributed by atoms with Crippen LogP contribution in [0.15, 0.2) is 22.6 Å². The summed E-state index contributed by atoms with van der Waals surface area (Å²) in [5.74, 6) is 0.227. The zero-order chi connectivity index (χ0) is 19.4. The van der Waals surface area contributed by atoms with Crippen molar-refractivity contribution in [3.05, 3.63) is 50.4 Å². The molecule has 1 aromatic carbocycles. The SMILES string of the molecule is COC(=O)c1cc(CN(C)CC(=O)Nc2c(Cl)cc(Cl)cc2Cl)oc1C. The normalized spacial score (nSPS) is 10.9. The molecule has 1 amide bonds. The second kappa shape index (κ2) is 8.77. The number of rotatable bonds is 6. The predicted octanol–water partition coefficient (Wildman–Crippen LogP) is 4.41. The Labute approximate surface area is 165 Å². The standard InChI is InChI=1S/C17H17Cl3N2O4/c1-9-12(17(24)25-3)6-11(26-9)7-22(2)8-15(23)21-16-13(19)4-10(18)5-14(16)20/h4-6H,7-8H2,1-3H3,(H,21,23). The predicted molar refractivity (Wildman–Crippen MR) is 101 cm³/mol. The zero-order valence-electron chi connectivity index (χ0n) is 14.4. The second-order valence-corrected chi connectivity index (χ2v) is 6.89. The molecule has 0 fully saturated rings. The van der Waals surface area contributed by atoms with Crippen LogP contribution in [0.1, 0.15) is 21.9 Å². The first-order valence-electron chi connectivity index (χ1n) is 7.51. The number of likely N-dealkylation sites (N-methyl/N-ethyl adjacent to an activating group) is 1. The molecule has 2 aromatic rings. The molecule has 0 atom stereocenters. The number of ether oxygens (including phenoxy) is 1. The molecule has 9 heteroatoms. The number of nitrogens with zero attached hydrogens (tertiary/aromatic N) is 1. The molecule has 1 N–H and O–H groups in total. The molecule has 0 aliphatic carbocycles. The van der Waals surface area contributed by atoms with Crippen LogP contribution >= 0.6 is 34.8 Å². The summed E-state index contributed by atoms with van der Waals surface area (Å²) >= 11 is 18.0. The first kappa shape index (κ1) is 20.6. The fourth-order valence-electron chi connectivity index (χ4n) is 2.34. The maximum atomic E-state index is 12.2. The molecule has 0 saturated heterocycles. The van der Waals surface area contributed by atoms with Gasteiger partial charge in [-0.15, -0.1) is 0 Å². The van der Waals surface area contributed by atoms with Crippen molar-refractivity contribution in [2.75, 3.05) is 26.0 Å². The van der Waals surface area contributed by atoms with Crippen LogP contribution in [0.2, 0.25) is 15.1 Å². The van der Waals surface area contributed by atoms with Gasteiger partial charge in [0.1, 0.15) is 17.1 Å². The number of carbonyl (C=O) groups is 2. The van der Waals surface area contributed by atoms with Gasteiger partial charge in [-0.2, -0.15) is 0 Å². The Morgan fingerprint density at radius 1 is 1.19 bits per heavy atom. The van der Waals surface area contributed by atoms with Gasteiger partial charge in [-0.3, -0.25) is 9.69 Å². The number of esters is 1. The first-order chi connectivity index (χ1) is 12.2. The molecule has 2 rings (SSSR count). The lowest BCUT2D eigenvalue weighted by atomic mass is 10.2. The van der Waals surface area contributed by atoms with Crippen molar-refractivity contribution in [3.63, 3.8) is 0 Å². The highest BCUT2D eigenvalue weighted by molar-refractivity contribution is 6.42. The van der Waals surface area contributed by atoms with Crippen molar-refractivity contribution in [3.8, 4) is 0 Å². The lowest BCUT2D eigenvalue weighted by Gasteiger charge is -2.16. The largest absolute Gasteiger partial charge is 0.465 e. The lowest BCUT2D eigenvalue weighted by Crippen LogP contribution is -2.29. The molecule has 0 unspecified atom stereocenters. The van der Waals surface area contributed by atoms with Crippen LogP contribution in [0, 0.1) is 6.92 Å². The molecule has 0 aliphatic rings. The molecule has 0 spiro atoms. The van der Waals surface area contributed by atoms with E-state index < -0.39 is 5.97 Å². The number of amides is 1. The monoisotopic (exact) mass is 418 g/mol. The van der Waals surface area contributed by atoms with Gasteiger partial charge < -0.3 is 14.5 Å². The molecular weight excluding hydrogens is 403 g/mol. The van der Waals surface area contributed by atoms with E-state index in [9.17, 15) is 9.59 Å². The minimum atomic E-state index is -0.468. The van der Waals surface area contributed by atoms with Gasteiger partial charge in [-0.1, -0.05) is 34.8 Å². The fourth-order valence-corrected chi connectivity index (χ4v) is 3.25. The first-order valence-corrected chi connectivity index (χ1v) is 8.65. The fraction of sp³-hybridized carbons (Fsp3) is 0.294. The summed E-state index contributed by atoms with van der Waals surface area (Å²) in [7, 11) is 3.04. The van der Waals surface area contributed by atoms with Crippen LogP contribution < -0.4 is 5.32 Å². The summed E-state index contributed by atoms with van der Waals surface area (Å²) in [6.45, 7) is 2.06. The molecule has 0 radical (unpaired) electrons. The van der Waals surface area contributed by atoms with E-state index in [2.05, 4.69) is 10.1 Å². The maximum Gasteiger partial charge on any atom is 0.341 e. The number of anilines is 1. The van der Waals surface area contributed by atoms with E-state index in [0.29, 0.717) is 34.3 Å². The Kier molecular flexibility index (Phi) is 6.94. The number of halogens is 3. The van der Waals surface area contributed by atoms with Crippen molar-refractivity contribution >= 4 is 52.4 Å². The van der Waals surface area contributed by atoms with E-state index in [0.717, 1.165) is 0 Å². The molecule has 6 nitrogen and oxygen atoms in total. The molecular formula is C17H17Cl3N2O4. The minimum absolute atomic E-state index is 0.0581. The molecule has 1 aromatic heterocycles. The van der Waals surface area contributed by atoms with E-state index in [1.54, 1.807) is 24.9 Å². The number of furan rings is 1. The zero-order valence-corrected chi connectivity index (χ0v) is 16.6. The summed E-state index contributed by atoms with van der Waals surface area (Å²) in [4.78, 5) is 25.5. The van der Waals surface area contributed by atoms with Crippen LogP contribution in [-0.4, -0.2) is 37.5 Å². The Morgan fingerprint density at radius 3 is 2.38 bits per heavy atom. The highest BCUT2D eigenvalue weighted by Crippen LogP contribution is 2.33. The van der Waals surface area contributed by atoms with Crippen molar-refractivity contribution in [2.24, 2.45) is 0 Å². The van der Waals surface area contributed by atoms with Gasteiger partial charge in [-0.25, -0.2) is 4.79 Å². The Morgan fingerprint density at radius 2 is 1.81 bits per heavy atom. The van der Waals surface area contributed by atoms with Crippen LogP contribution in [-0.2, 0) is 16.1 Å². The molecule has 140 valence electrons. The quantitative estimate of drug-likeness (QED) is 0.702. The van der Waals surface area contributed by atoms with Gasteiger partial charge in [0.05, 0.1) is 35.9 Å². The highest BCUT2D eigenvalue weighted by atomic mass is 35.5. The van der Waals surface area contributed by atoms with Crippen LogP contribution in [0.3, 0.4) is 0 Å². The smallest absolute Gasteiger partial charge is 0.341 e. The van der Waals surface area contributed by atoms with E-state index >= 15 is 0 Å². The van der Waals surface area contributed by atoms with E-state index in [1.165, 1.54) is 19.2 Å². The van der Waals surface area contributed by atoms with Gasteiger partial charge in [-0.05, 0) is 32.2 Å². The number of benzene rings is 1. The third-order valence-corrected chi connectivity index (χ3v) is 4.30. The molecule has 0 saturated carbocycles. The third kappa shape index (κ3) is 5.14. The van der Waals surface area contributed by atoms with Gasteiger partial charge in [0.2, 0.25) is 5.91 Å². The van der Waals surface area contributed by atoms with Crippen molar-refractivity contribution in [1.82, 2.24) is 4.90 Å². The third-order valence-electron chi connectivity index (χ3n) is 3.48. The van der Waals surface area contributed by atoms with Crippen LogP contribution in [0.4, 0.5) is 5.69 Å². The Hall–Kier alpha value is -1.73. The molecule has 1 heterocycles.